The van der Waals surface area contributed by atoms with E-state index in [0.29, 0.717) is 25.9 Å². The minimum atomic E-state index is -3.39. The van der Waals surface area contributed by atoms with Gasteiger partial charge in [0.15, 0.2) is 0 Å². The molecule has 168 valence electrons. The van der Waals surface area contributed by atoms with Gasteiger partial charge < -0.3 is 10.1 Å². The lowest BCUT2D eigenvalue weighted by molar-refractivity contribution is -0.126. The van der Waals surface area contributed by atoms with Crippen LogP contribution in [0.25, 0.3) is 0 Å². The van der Waals surface area contributed by atoms with Crippen molar-refractivity contribution < 1.29 is 17.9 Å². The number of carbonyl (C=O) groups is 1. The van der Waals surface area contributed by atoms with Crippen molar-refractivity contribution in [1.82, 2.24) is 9.62 Å². The van der Waals surface area contributed by atoms with Gasteiger partial charge in [-0.3, -0.25) is 4.79 Å². The molecule has 2 aromatic carbocycles. The molecule has 1 heterocycles. The fraction of sp³-hybridized carbons (Fsp3) is 0.458. The van der Waals surface area contributed by atoms with Crippen molar-refractivity contribution in [2.45, 2.75) is 44.9 Å². The summed E-state index contributed by atoms with van der Waals surface area (Å²) in [6.07, 6.45) is 1.86. The molecular weight excluding hydrogens is 412 g/mol. The van der Waals surface area contributed by atoms with E-state index >= 15 is 0 Å². The minimum absolute atomic E-state index is 0.000475. The highest BCUT2D eigenvalue weighted by molar-refractivity contribution is 7.88. The number of carbonyl (C=O) groups excluding carboxylic acids is 1. The molecule has 1 aliphatic heterocycles. The Morgan fingerprint density at radius 3 is 2.26 bits per heavy atom. The molecular formula is C24H32N2O4S. The maximum absolute atomic E-state index is 12.8. The predicted octanol–water partition coefficient (Wildman–Crippen LogP) is 3.81. The zero-order valence-corrected chi connectivity index (χ0v) is 19.3. The van der Waals surface area contributed by atoms with Crippen molar-refractivity contribution in [3.05, 3.63) is 65.2 Å². The topological polar surface area (TPSA) is 75.7 Å². The van der Waals surface area contributed by atoms with Gasteiger partial charge in [0.2, 0.25) is 15.9 Å². The second-order valence-electron chi connectivity index (χ2n) is 8.16. The van der Waals surface area contributed by atoms with Crippen molar-refractivity contribution >= 4 is 15.9 Å². The molecule has 0 spiro atoms. The van der Waals surface area contributed by atoms with E-state index in [-0.39, 0.29) is 23.6 Å². The number of rotatable bonds is 8. The van der Waals surface area contributed by atoms with Gasteiger partial charge in [-0.15, -0.1) is 0 Å². The summed E-state index contributed by atoms with van der Waals surface area (Å²) >= 11 is 0. The number of methoxy groups -OCH3 is 1. The first-order valence-corrected chi connectivity index (χ1v) is 12.4. The highest BCUT2D eigenvalue weighted by Crippen LogP contribution is 2.25. The average molecular weight is 445 g/mol. The molecule has 31 heavy (non-hydrogen) atoms. The average Bonchev–Trinajstić information content (AvgIpc) is 2.79. The summed E-state index contributed by atoms with van der Waals surface area (Å²) in [4.78, 5) is 12.8. The number of hydrogen-bond donors (Lipinski definition) is 1. The van der Waals surface area contributed by atoms with E-state index in [1.807, 2.05) is 62.4 Å². The van der Waals surface area contributed by atoms with Crippen molar-refractivity contribution in [2.75, 3.05) is 20.2 Å². The molecule has 1 fully saturated rings. The van der Waals surface area contributed by atoms with Crippen molar-refractivity contribution in [3.8, 4) is 5.75 Å². The summed E-state index contributed by atoms with van der Waals surface area (Å²) in [7, 11) is -1.76. The Kier molecular flexibility index (Phi) is 7.73. The highest BCUT2D eigenvalue weighted by atomic mass is 32.2. The molecule has 1 aliphatic rings. The van der Waals surface area contributed by atoms with E-state index in [1.165, 1.54) is 4.31 Å². The van der Waals surface area contributed by atoms with Crippen LogP contribution >= 0.6 is 0 Å². The van der Waals surface area contributed by atoms with Crippen LogP contribution in [-0.2, 0) is 20.6 Å². The molecule has 6 nitrogen and oxygen atoms in total. The minimum Gasteiger partial charge on any atom is -0.497 e. The fourth-order valence-corrected chi connectivity index (χ4v) is 5.49. The number of nitrogens with zero attached hydrogens (tertiary/aromatic N) is 1. The van der Waals surface area contributed by atoms with Crippen LogP contribution in [0.15, 0.2) is 48.5 Å². The van der Waals surface area contributed by atoms with Gasteiger partial charge >= 0.3 is 0 Å². The third kappa shape index (κ3) is 6.08. The number of aryl methyl sites for hydroxylation is 1. The van der Waals surface area contributed by atoms with Crippen LogP contribution < -0.4 is 10.1 Å². The number of ether oxygens (including phenoxy) is 1. The summed E-state index contributed by atoms with van der Waals surface area (Å²) in [5, 5.41) is 3.14. The number of nitrogens with one attached hydrogen (secondary N) is 1. The monoisotopic (exact) mass is 444 g/mol. The van der Waals surface area contributed by atoms with E-state index in [2.05, 4.69) is 5.32 Å². The van der Waals surface area contributed by atoms with Gasteiger partial charge in [-0.1, -0.05) is 48.9 Å². The van der Waals surface area contributed by atoms with E-state index in [9.17, 15) is 13.2 Å². The third-order valence-electron chi connectivity index (χ3n) is 5.93. The summed E-state index contributed by atoms with van der Waals surface area (Å²) in [6.45, 7) is 4.78. The smallest absolute Gasteiger partial charge is 0.223 e. The molecule has 3 rings (SSSR count). The Hall–Kier alpha value is -2.38. The second kappa shape index (κ2) is 10.3. The first kappa shape index (κ1) is 23.3. The maximum atomic E-state index is 12.8. The molecule has 7 heteroatoms. The lowest BCUT2D eigenvalue weighted by Gasteiger charge is -2.31. The molecule has 0 aromatic heterocycles. The Morgan fingerprint density at radius 2 is 1.71 bits per heavy atom. The molecule has 0 aliphatic carbocycles. The molecule has 1 N–H and O–H groups in total. The Labute approximate surface area is 185 Å². The number of piperidine rings is 1. The number of hydrogen-bond acceptors (Lipinski definition) is 4. The van der Waals surface area contributed by atoms with Gasteiger partial charge in [0.05, 0.1) is 18.9 Å². The molecule has 1 saturated heterocycles. The molecule has 1 amide bonds. The van der Waals surface area contributed by atoms with Crippen molar-refractivity contribution in [3.63, 3.8) is 0 Å². The van der Waals surface area contributed by atoms with Crippen LogP contribution in [0, 0.1) is 12.8 Å². The van der Waals surface area contributed by atoms with E-state index in [0.717, 1.165) is 28.9 Å². The first-order valence-electron chi connectivity index (χ1n) is 10.8. The van der Waals surface area contributed by atoms with Crippen LogP contribution in [0.3, 0.4) is 0 Å². The summed E-state index contributed by atoms with van der Waals surface area (Å²) in [5.74, 6) is 0.611. The van der Waals surface area contributed by atoms with Gasteiger partial charge in [0.25, 0.3) is 0 Å². The standard InChI is InChI=1S/C24H32N2O4S/c1-4-23(20-9-11-22(30-3)12-10-20)25-24(27)21-13-15-26(16-14-21)31(28,29)17-19-7-5-18(2)6-8-19/h5-12,21,23H,4,13-17H2,1-3H3,(H,25,27)/t23-/m0/s1. The van der Waals surface area contributed by atoms with Gasteiger partial charge in [0, 0.05) is 19.0 Å². The second-order valence-corrected chi connectivity index (χ2v) is 10.1. The Balaban J connectivity index is 1.55. The third-order valence-corrected chi connectivity index (χ3v) is 7.78. The van der Waals surface area contributed by atoms with Crippen molar-refractivity contribution in [2.24, 2.45) is 5.92 Å². The van der Waals surface area contributed by atoms with E-state index in [1.54, 1.807) is 7.11 Å². The highest BCUT2D eigenvalue weighted by Gasteiger charge is 2.31. The number of amides is 1. The van der Waals surface area contributed by atoms with Crippen LogP contribution in [0.2, 0.25) is 0 Å². The quantitative estimate of drug-likeness (QED) is 0.672. The lowest BCUT2D eigenvalue weighted by atomic mass is 9.95. The molecule has 1 atom stereocenters. The molecule has 0 saturated carbocycles. The largest absolute Gasteiger partial charge is 0.497 e. The Bertz CT molecular complexity index is 964. The van der Waals surface area contributed by atoms with Gasteiger partial charge in [-0.2, -0.15) is 0 Å². The van der Waals surface area contributed by atoms with Gasteiger partial charge in [0.1, 0.15) is 5.75 Å². The number of benzene rings is 2. The maximum Gasteiger partial charge on any atom is 0.223 e. The summed E-state index contributed by atoms with van der Waals surface area (Å²) < 4.78 is 32.3. The SMILES string of the molecule is CC[C@H](NC(=O)C1CCN(S(=O)(=O)Cc2ccc(C)cc2)CC1)c1ccc(OC)cc1. The van der Waals surface area contributed by atoms with Crippen LogP contribution in [0.4, 0.5) is 0 Å². The summed E-state index contributed by atoms with van der Waals surface area (Å²) in [5.41, 5.74) is 2.93. The molecule has 0 bridgehead atoms. The predicted molar refractivity (Wildman–Crippen MR) is 122 cm³/mol. The van der Waals surface area contributed by atoms with Crippen LogP contribution in [-0.4, -0.2) is 38.8 Å². The Morgan fingerprint density at radius 1 is 1.10 bits per heavy atom. The zero-order chi connectivity index (χ0) is 22.4. The number of sulfonamides is 1. The lowest BCUT2D eigenvalue weighted by Crippen LogP contribution is -2.44. The van der Waals surface area contributed by atoms with Gasteiger partial charge in [-0.25, -0.2) is 12.7 Å². The van der Waals surface area contributed by atoms with Gasteiger partial charge in [-0.05, 0) is 49.4 Å². The normalized spacial score (nSPS) is 16.6. The molecule has 0 radical (unpaired) electrons. The zero-order valence-electron chi connectivity index (χ0n) is 18.5. The van der Waals surface area contributed by atoms with Crippen LogP contribution in [0.5, 0.6) is 5.75 Å². The summed E-state index contributed by atoms with van der Waals surface area (Å²) in [6, 6.07) is 15.2. The molecule has 2 aromatic rings. The first-order chi connectivity index (χ1) is 14.8. The fourth-order valence-electron chi connectivity index (χ4n) is 3.93. The van der Waals surface area contributed by atoms with Crippen molar-refractivity contribution in [1.29, 1.82) is 0 Å². The van der Waals surface area contributed by atoms with Crippen LogP contribution in [0.1, 0.15) is 48.9 Å². The molecule has 0 unspecified atom stereocenters. The van der Waals surface area contributed by atoms with E-state index in [4.69, 9.17) is 4.74 Å². The van der Waals surface area contributed by atoms with E-state index < -0.39 is 10.0 Å².